The van der Waals surface area contributed by atoms with E-state index in [4.69, 9.17) is 4.74 Å². The molecule has 4 rings (SSSR count). The predicted octanol–water partition coefficient (Wildman–Crippen LogP) is 3.34. The lowest BCUT2D eigenvalue weighted by atomic mass is 10.2. The first-order chi connectivity index (χ1) is 12.8. The molecule has 1 fully saturated rings. The number of rotatable bonds is 1. The summed E-state index contributed by atoms with van der Waals surface area (Å²) in [7, 11) is 0. The van der Waals surface area contributed by atoms with E-state index in [0.29, 0.717) is 6.54 Å². The first-order valence-corrected chi connectivity index (χ1v) is 8.14. The molecule has 1 N–H and O–H groups in total. The van der Waals surface area contributed by atoms with Gasteiger partial charge in [-0.25, -0.2) is 9.78 Å². The number of nitrogens with one attached hydrogen (secondary N) is 1. The van der Waals surface area contributed by atoms with Crippen LogP contribution in [0.1, 0.15) is 22.9 Å². The maximum absolute atomic E-state index is 10.7. The first-order valence-electron chi connectivity index (χ1n) is 8.14. The highest BCUT2D eigenvalue weighted by molar-refractivity contribution is 5.69. The van der Waals surface area contributed by atoms with E-state index in [1.807, 2.05) is 60.7 Å². The maximum Gasteiger partial charge on any atom is 0.407 e. The minimum Gasteiger partial charge on any atom is -0.439 e. The number of carbonyl (C=O) groups is 1. The Hall–Kier alpha value is -3.65. The fourth-order valence-corrected chi connectivity index (χ4v) is 2.24. The Morgan fingerprint density at radius 1 is 0.962 bits per heavy atom. The number of aromatic nitrogens is 2. The van der Waals surface area contributed by atoms with Crippen LogP contribution in [0, 0.1) is 11.8 Å². The Balaban J connectivity index is 0.000000152. The van der Waals surface area contributed by atoms with Crippen LogP contribution in [0.2, 0.25) is 0 Å². The molecule has 2 aromatic heterocycles. The molecule has 1 aliphatic rings. The Kier molecular flexibility index (Phi) is 5.95. The Morgan fingerprint density at radius 3 is 2.46 bits per heavy atom. The van der Waals surface area contributed by atoms with Crippen LogP contribution in [0.5, 0.6) is 0 Å². The molecular weight excluding hydrogens is 326 g/mol. The van der Waals surface area contributed by atoms with E-state index in [1.165, 1.54) is 0 Å². The van der Waals surface area contributed by atoms with Gasteiger partial charge in [-0.3, -0.25) is 4.98 Å². The molecule has 5 nitrogen and oxygen atoms in total. The molecule has 26 heavy (non-hydrogen) atoms. The van der Waals surface area contributed by atoms with Crippen molar-refractivity contribution in [1.29, 1.82) is 0 Å². The third kappa shape index (κ3) is 5.18. The number of ether oxygens (including phenoxy) is 1. The van der Waals surface area contributed by atoms with Crippen LogP contribution in [0.3, 0.4) is 0 Å². The Morgan fingerprint density at radius 2 is 1.81 bits per heavy atom. The topological polar surface area (TPSA) is 64.1 Å². The number of benzene rings is 1. The fraction of sp³-hybridized carbons (Fsp3) is 0.0952. The maximum atomic E-state index is 10.7. The number of hydrogen-bond acceptors (Lipinski definition) is 4. The molecule has 0 spiro atoms. The summed E-state index contributed by atoms with van der Waals surface area (Å²) < 4.78 is 4.96. The van der Waals surface area contributed by atoms with Crippen molar-refractivity contribution in [3.8, 4) is 11.8 Å². The molecule has 0 radical (unpaired) electrons. The lowest BCUT2D eigenvalue weighted by molar-refractivity contribution is 0.141. The SMILES string of the molecule is C(#Cc1ccccn1)c1ccccc1.O=C1NC[C@H](c2cccnc2)O1. The summed E-state index contributed by atoms with van der Waals surface area (Å²) in [6.07, 6.45) is 4.60. The Labute approximate surface area is 152 Å². The van der Waals surface area contributed by atoms with Crippen LogP contribution in [0.4, 0.5) is 4.79 Å². The largest absolute Gasteiger partial charge is 0.439 e. The summed E-state index contributed by atoms with van der Waals surface area (Å²) in [5.41, 5.74) is 2.74. The van der Waals surface area contributed by atoms with E-state index in [1.54, 1.807) is 18.6 Å². The lowest BCUT2D eigenvalue weighted by Crippen LogP contribution is -2.12. The normalized spacial score (nSPS) is 14.8. The minimum atomic E-state index is -0.358. The van der Waals surface area contributed by atoms with Crippen molar-refractivity contribution in [3.05, 3.63) is 96.1 Å². The van der Waals surface area contributed by atoms with Gasteiger partial charge < -0.3 is 10.1 Å². The molecule has 0 aliphatic carbocycles. The number of nitrogens with zero attached hydrogens (tertiary/aromatic N) is 2. The lowest BCUT2D eigenvalue weighted by Gasteiger charge is -2.05. The summed E-state index contributed by atoms with van der Waals surface area (Å²) in [6.45, 7) is 0.532. The van der Waals surface area contributed by atoms with Gasteiger partial charge in [0.1, 0.15) is 11.8 Å². The molecule has 0 bridgehead atoms. The zero-order valence-electron chi connectivity index (χ0n) is 14.0. The van der Waals surface area contributed by atoms with Crippen molar-refractivity contribution in [3.63, 3.8) is 0 Å². The van der Waals surface area contributed by atoms with E-state index in [-0.39, 0.29) is 12.2 Å². The molecule has 3 heterocycles. The van der Waals surface area contributed by atoms with Crippen LogP contribution in [-0.4, -0.2) is 22.6 Å². The zero-order valence-corrected chi connectivity index (χ0v) is 14.0. The number of amides is 1. The average molecular weight is 343 g/mol. The number of carbonyl (C=O) groups excluding carboxylic acids is 1. The van der Waals surface area contributed by atoms with Gasteiger partial charge in [-0.15, -0.1) is 0 Å². The van der Waals surface area contributed by atoms with Crippen molar-refractivity contribution in [2.45, 2.75) is 6.10 Å². The van der Waals surface area contributed by atoms with Gasteiger partial charge in [-0.1, -0.05) is 36.3 Å². The van der Waals surface area contributed by atoms with Gasteiger partial charge in [0.15, 0.2) is 0 Å². The monoisotopic (exact) mass is 343 g/mol. The second-order valence-corrected chi connectivity index (χ2v) is 5.39. The van der Waals surface area contributed by atoms with E-state index in [2.05, 4.69) is 27.1 Å². The van der Waals surface area contributed by atoms with Gasteiger partial charge >= 0.3 is 6.09 Å². The predicted molar refractivity (Wildman–Crippen MR) is 98.1 cm³/mol. The van der Waals surface area contributed by atoms with Gasteiger partial charge in [0, 0.05) is 29.7 Å². The highest BCUT2D eigenvalue weighted by Crippen LogP contribution is 2.18. The quantitative estimate of drug-likeness (QED) is 0.688. The van der Waals surface area contributed by atoms with Crippen molar-refractivity contribution in [2.75, 3.05) is 6.54 Å². The molecule has 0 unspecified atom stereocenters. The van der Waals surface area contributed by atoms with E-state index in [0.717, 1.165) is 16.8 Å². The highest BCUT2D eigenvalue weighted by atomic mass is 16.6. The van der Waals surface area contributed by atoms with Crippen LogP contribution in [-0.2, 0) is 4.74 Å². The van der Waals surface area contributed by atoms with Gasteiger partial charge in [0.25, 0.3) is 0 Å². The summed E-state index contributed by atoms with van der Waals surface area (Å²) in [5.74, 6) is 6.05. The van der Waals surface area contributed by atoms with Crippen molar-refractivity contribution in [2.24, 2.45) is 0 Å². The molecule has 5 heteroatoms. The first kappa shape index (κ1) is 17.2. The number of pyridine rings is 2. The third-order valence-electron chi connectivity index (χ3n) is 3.51. The van der Waals surface area contributed by atoms with Crippen LogP contribution >= 0.6 is 0 Å². The van der Waals surface area contributed by atoms with E-state index >= 15 is 0 Å². The van der Waals surface area contributed by atoms with Crippen molar-refractivity contribution in [1.82, 2.24) is 15.3 Å². The molecule has 1 amide bonds. The number of alkyl carbamates (subject to hydrolysis) is 1. The number of cyclic esters (lactones) is 1. The van der Waals surface area contributed by atoms with Crippen LogP contribution in [0.15, 0.2) is 79.3 Å². The molecule has 128 valence electrons. The smallest absolute Gasteiger partial charge is 0.407 e. The van der Waals surface area contributed by atoms with Gasteiger partial charge in [-0.2, -0.15) is 0 Å². The summed E-state index contributed by atoms with van der Waals surface area (Å²) in [6, 6.07) is 19.3. The van der Waals surface area contributed by atoms with Crippen molar-refractivity contribution < 1.29 is 9.53 Å². The third-order valence-corrected chi connectivity index (χ3v) is 3.51. The van der Waals surface area contributed by atoms with Crippen LogP contribution in [0.25, 0.3) is 0 Å². The van der Waals surface area contributed by atoms with E-state index < -0.39 is 0 Å². The average Bonchev–Trinajstić information content (AvgIpc) is 3.16. The summed E-state index contributed by atoms with van der Waals surface area (Å²) in [5, 5.41) is 2.58. The fourth-order valence-electron chi connectivity index (χ4n) is 2.24. The zero-order chi connectivity index (χ0) is 18.0. The molecule has 3 aromatic rings. The molecular formula is C21H17N3O2. The standard InChI is InChI=1S/C13H9N.C8H8N2O2/c1-2-6-12(7-3-1)9-10-13-8-4-5-11-14-13;11-8-10-5-7(12-8)6-2-1-3-9-4-6/h1-8,11H;1-4,7H,5H2,(H,10,11)/t;7-/m.1/s1. The molecule has 1 saturated heterocycles. The second kappa shape index (κ2) is 9.00. The van der Waals surface area contributed by atoms with Crippen LogP contribution < -0.4 is 5.32 Å². The molecule has 1 atom stereocenters. The Bertz CT molecular complexity index is 845. The van der Waals surface area contributed by atoms with Crippen molar-refractivity contribution >= 4 is 6.09 Å². The van der Waals surface area contributed by atoms with E-state index in [9.17, 15) is 4.79 Å². The second-order valence-electron chi connectivity index (χ2n) is 5.39. The molecule has 1 aromatic carbocycles. The molecule has 0 saturated carbocycles. The summed E-state index contributed by atoms with van der Waals surface area (Å²) in [4.78, 5) is 18.7. The molecule has 1 aliphatic heterocycles. The van der Waals surface area contributed by atoms with Gasteiger partial charge in [0.2, 0.25) is 0 Å². The highest BCUT2D eigenvalue weighted by Gasteiger charge is 2.23. The van der Waals surface area contributed by atoms with Gasteiger partial charge in [-0.05, 0) is 36.3 Å². The minimum absolute atomic E-state index is 0.175. The van der Waals surface area contributed by atoms with Gasteiger partial charge in [0.05, 0.1) is 6.54 Å². The number of hydrogen-bond donors (Lipinski definition) is 1. The summed E-state index contributed by atoms with van der Waals surface area (Å²) >= 11 is 0.